The summed E-state index contributed by atoms with van der Waals surface area (Å²) in [4.78, 5) is 13.2. The summed E-state index contributed by atoms with van der Waals surface area (Å²) < 4.78 is 35.0. The van der Waals surface area contributed by atoms with Crippen LogP contribution in [0, 0.1) is 11.3 Å². The predicted molar refractivity (Wildman–Crippen MR) is 147 cm³/mol. The Bertz CT molecular complexity index is 1500. The zero-order valence-electron chi connectivity index (χ0n) is 21.6. The third-order valence-electron chi connectivity index (χ3n) is 7.08. The van der Waals surface area contributed by atoms with Crippen molar-refractivity contribution in [3.63, 3.8) is 0 Å². The number of para-hydroxylation sites is 1. The molecular weight excluding hydrogens is 514 g/mol. The molecule has 0 bridgehead atoms. The topological polar surface area (TPSA) is 117 Å². The summed E-state index contributed by atoms with van der Waals surface area (Å²) in [5, 5.41) is 17.6. The second kappa shape index (κ2) is 11.9. The number of carbonyl (C=O) groups excluding carboxylic acids is 1. The number of rotatable bonds is 7. The number of hydrogen-bond donors (Lipinski definition) is 1. The first-order valence-corrected chi connectivity index (χ1v) is 14.7. The van der Waals surface area contributed by atoms with Crippen molar-refractivity contribution in [2.75, 3.05) is 26.3 Å². The number of hydrogen-bond acceptors (Lipinski definition) is 6. The third kappa shape index (κ3) is 6.11. The highest BCUT2D eigenvalue weighted by Crippen LogP contribution is 2.29. The molecule has 2 fully saturated rings. The van der Waals surface area contributed by atoms with E-state index < -0.39 is 15.9 Å². The van der Waals surface area contributed by atoms with E-state index in [4.69, 9.17) is 9.84 Å². The lowest BCUT2D eigenvalue weighted by Crippen LogP contribution is -2.40. The van der Waals surface area contributed by atoms with E-state index in [1.165, 1.54) is 10.4 Å². The first-order chi connectivity index (χ1) is 19.0. The molecule has 2 heterocycles. The average molecular weight is 546 g/mol. The molecule has 1 saturated carbocycles. The number of ether oxygens (including phenoxy) is 1. The molecule has 1 saturated heterocycles. The maximum absolute atomic E-state index is 13.3. The Hall–Kier alpha value is -3.78. The quantitative estimate of drug-likeness (QED) is 0.355. The number of carbonyl (C=O) groups is 1. The van der Waals surface area contributed by atoms with Gasteiger partial charge in [0.15, 0.2) is 0 Å². The lowest BCUT2D eigenvalue weighted by Gasteiger charge is -2.26. The van der Waals surface area contributed by atoms with Gasteiger partial charge < -0.3 is 10.1 Å². The molecule has 0 spiro atoms. The van der Waals surface area contributed by atoms with Crippen molar-refractivity contribution in [2.24, 2.45) is 0 Å². The Morgan fingerprint density at radius 1 is 1.05 bits per heavy atom. The van der Waals surface area contributed by atoms with Gasteiger partial charge in [-0.15, -0.1) is 0 Å². The van der Waals surface area contributed by atoms with Crippen LogP contribution in [0.5, 0.6) is 0 Å². The van der Waals surface area contributed by atoms with Crippen molar-refractivity contribution in [1.82, 2.24) is 19.4 Å². The van der Waals surface area contributed by atoms with Gasteiger partial charge in [0.1, 0.15) is 17.3 Å². The van der Waals surface area contributed by atoms with E-state index in [1.807, 2.05) is 36.4 Å². The number of aromatic nitrogens is 2. The fraction of sp³-hybridized carbons (Fsp3) is 0.345. The monoisotopic (exact) mass is 545 g/mol. The SMILES string of the molecule is N#CC(=Cc1cn(-c2ccccc2)nc1-c1cccc(S(=O)(=O)N2CCOCC2)c1)C(=O)NC1CCCCC1. The van der Waals surface area contributed by atoms with Crippen molar-refractivity contribution < 1.29 is 17.9 Å². The van der Waals surface area contributed by atoms with Crippen LogP contribution in [0.3, 0.4) is 0 Å². The number of morpholine rings is 1. The minimum atomic E-state index is -3.72. The first-order valence-electron chi connectivity index (χ1n) is 13.2. The summed E-state index contributed by atoms with van der Waals surface area (Å²) in [7, 11) is -3.72. The van der Waals surface area contributed by atoms with Gasteiger partial charge in [0, 0.05) is 36.5 Å². The maximum atomic E-state index is 13.3. The van der Waals surface area contributed by atoms with Crippen molar-refractivity contribution >= 4 is 22.0 Å². The van der Waals surface area contributed by atoms with Gasteiger partial charge in [0.05, 0.1) is 23.8 Å². The first kappa shape index (κ1) is 26.8. The molecule has 0 atom stereocenters. The lowest BCUT2D eigenvalue weighted by molar-refractivity contribution is -0.117. The largest absolute Gasteiger partial charge is 0.379 e. The normalized spacial score (nSPS) is 17.5. The zero-order chi connectivity index (χ0) is 27.2. The van der Waals surface area contributed by atoms with E-state index in [0.717, 1.165) is 37.8 Å². The second-order valence-corrected chi connectivity index (χ2v) is 11.7. The van der Waals surface area contributed by atoms with Gasteiger partial charge >= 0.3 is 0 Å². The summed E-state index contributed by atoms with van der Waals surface area (Å²) in [6.45, 7) is 1.31. The number of benzene rings is 2. The average Bonchev–Trinajstić information content (AvgIpc) is 3.41. The molecule has 9 nitrogen and oxygen atoms in total. The van der Waals surface area contributed by atoms with Gasteiger partial charge in [0.25, 0.3) is 5.91 Å². The lowest BCUT2D eigenvalue weighted by atomic mass is 9.95. The van der Waals surface area contributed by atoms with Crippen LogP contribution < -0.4 is 5.32 Å². The van der Waals surface area contributed by atoms with Gasteiger partial charge in [-0.1, -0.05) is 49.6 Å². The molecule has 10 heteroatoms. The Morgan fingerprint density at radius 3 is 2.51 bits per heavy atom. The fourth-order valence-electron chi connectivity index (χ4n) is 4.98. The van der Waals surface area contributed by atoms with Crippen molar-refractivity contribution in [3.8, 4) is 23.0 Å². The van der Waals surface area contributed by atoms with Crippen LogP contribution in [0.25, 0.3) is 23.0 Å². The molecule has 0 unspecified atom stereocenters. The Morgan fingerprint density at radius 2 is 1.79 bits per heavy atom. The van der Waals surface area contributed by atoms with E-state index in [1.54, 1.807) is 35.1 Å². The van der Waals surface area contributed by atoms with Crippen LogP contribution in [0.15, 0.2) is 71.3 Å². The smallest absolute Gasteiger partial charge is 0.262 e. The van der Waals surface area contributed by atoms with Gasteiger partial charge in [-0.25, -0.2) is 13.1 Å². The Labute approximate surface area is 228 Å². The Balaban J connectivity index is 1.53. The molecule has 5 rings (SSSR count). The van der Waals surface area contributed by atoms with Crippen LogP contribution in [-0.4, -0.2) is 60.8 Å². The van der Waals surface area contributed by atoms with Crippen LogP contribution in [0.1, 0.15) is 37.7 Å². The molecule has 1 amide bonds. The molecule has 39 heavy (non-hydrogen) atoms. The summed E-state index contributed by atoms with van der Waals surface area (Å²) in [6, 6.07) is 18.2. The van der Waals surface area contributed by atoms with E-state index >= 15 is 0 Å². The zero-order valence-corrected chi connectivity index (χ0v) is 22.4. The molecule has 202 valence electrons. The van der Waals surface area contributed by atoms with Crippen LogP contribution in [0.2, 0.25) is 0 Å². The van der Waals surface area contributed by atoms with Crippen molar-refractivity contribution in [1.29, 1.82) is 5.26 Å². The summed E-state index contributed by atoms with van der Waals surface area (Å²) >= 11 is 0. The molecule has 3 aromatic rings. The van der Waals surface area contributed by atoms with Gasteiger partial charge in [-0.3, -0.25) is 4.79 Å². The standard InChI is InChI=1S/C29H31N5O4S/c30-20-23(29(35)31-25-9-3-1-4-10-25)18-24-21-34(26-11-5-2-6-12-26)32-28(24)22-8-7-13-27(19-22)39(36,37)33-14-16-38-17-15-33/h2,5-8,11-13,18-19,21,25H,1,3-4,9-10,14-17H2,(H,31,35). The highest BCUT2D eigenvalue weighted by Gasteiger charge is 2.27. The number of nitriles is 1. The number of sulfonamides is 1. The minimum absolute atomic E-state index is 0.0217. The molecular formula is C29H31N5O4S. The van der Waals surface area contributed by atoms with E-state index in [2.05, 4.69) is 5.32 Å². The van der Waals surface area contributed by atoms with Crippen LogP contribution in [-0.2, 0) is 19.6 Å². The molecule has 1 aliphatic carbocycles. The summed E-state index contributed by atoms with van der Waals surface area (Å²) in [5.41, 5.74) is 2.34. The second-order valence-electron chi connectivity index (χ2n) is 9.74. The van der Waals surface area contributed by atoms with Gasteiger partial charge in [-0.2, -0.15) is 14.7 Å². The van der Waals surface area contributed by atoms with E-state index in [-0.39, 0.29) is 16.5 Å². The van der Waals surface area contributed by atoms with Crippen LogP contribution in [0.4, 0.5) is 0 Å². The molecule has 1 N–H and O–H groups in total. The molecule has 0 radical (unpaired) electrons. The highest BCUT2D eigenvalue weighted by molar-refractivity contribution is 7.89. The molecule has 2 aliphatic rings. The van der Waals surface area contributed by atoms with Gasteiger partial charge in [0.2, 0.25) is 10.0 Å². The molecule has 1 aliphatic heterocycles. The van der Waals surface area contributed by atoms with Crippen LogP contribution >= 0.6 is 0 Å². The van der Waals surface area contributed by atoms with Crippen molar-refractivity contribution in [2.45, 2.75) is 43.0 Å². The number of nitrogens with zero attached hydrogens (tertiary/aromatic N) is 4. The van der Waals surface area contributed by atoms with E-state index in [0.29, 0.717) is 43.1 Å². The summed E-state index contributed by atoms with van der Waals surface area (Å²) in [5.74, 6) is -0.411. The third-order valence-corrected chi connectivity index (χ3v) is 8.98. The molecule has 1 aromatic heterocycles. The minimum Gasteiger partial charge on any atom is -0.379 e. The summed E-state index contributed by atoms with van der Waals surface area (Å²) in [6.07, 6.45) is 8.39. The molecule has 2 aromatic carbocycles. The van der Waals surface area contributed by atoms with Crippen molar-refractivity contribution in [3.05, 3.63) is 71.9 Å². The number of amides is 1. The maximum Gasteiger partial charge on any atom is 0.262 e. The van der Waals surface area contributed by atoms with E-state index in [9.17, 15) is 18.5 Å². The Kier molecular flexibility index (Phi) is 8.21. The van der Waals surface area contributed by atoms with Gasteiger partial charge in [-0.05, 0) is 43.2 Å². The predicted octanol–water partition coefficient (Wildman–Crippen LogP) is 3.92. The fourth-order valence-corrected chi connectivity index (χ4v) is 6.44. The highest BCUT2D eigenvalue weighted by atomic mass is 32.2. The number of nitrogens with one attached hydrogen (secondary N) is 1.